The molecule has 0 saturated carbocycles. The van der Waals surface area contributed by atoms with E-state index in [0.717, 1.165) is 27.8 Å². The van der Waals surface area contributed by atoms with Crippen LogP contribution in [-0.2, 0) is 22.3 Å². The first-order valence-electron chi connectivity index (χ1n) is 12.5. The van der Waals surface area contributed by atoms with E-state index in [2.05, 4.69) is 0 Å². The van der Waals surface area contributed by atoms with E-state index in [1.807, 2.05) is 72.7 Å². The van der Waals surface area contributed by atoms with E-state index in [0.29, 0.717) is 41.7 Å². The van der Waals surface area contributed by atoms with Gasteiger partial charge in [-0.15, -0.1) is 0 Å². The van der Waals surface area contributed by atoms with Crippen molar-refractivity contribution in [2.45, 2.75) is 45.1 Å². The van der Waals surface area contributed by atoms with Crippen molar-refractivity contribution in [2.75, 3.05) is 30.9 Å². The van der Waals surface area contributed by atoms with Crippen molar-refractivity contribution in [3.05, 3.63) is 82.4 Å². The predicted molar refractivity (Wildman–Crippen MR) is 151 cm³/mol. The molecule has 202 valence electrons. The van der Waals surface area contributed by atoms with Gasteiger partial charge < -0.3 is 20.6 Å². The van der Waals surface area contributed by atoms with Crippen LogP contribution in [0.5, 0.6) is 5.75 Å². The molecule has 4 rings (SSSR count). The average Bonchev–Trinajstić information content (AvgIpc) is 3.02. The van der Waals surface area contributed by atoms with Crippen LogP contribution >= 0.6 is 0 Å². The zero-order chi connectivity index (χ0) is 27.8. The molecule has 0 saturated heterocycles. The molecule has 1 aliphatic heterocycles. The monoisotopic (exact) mass is 536 g/mol. The predicted octanol–water partition coefficient (Wildman–Crippen LogP) is 4.36. The fraction of sp³-hybridized carbons (Fsp3) is 0.345. The highest BCUT2D eigenvalue weighted by Gasteiger charge is 2.40. The number of nitrogens with two attached hydrogens (primary N) is 2. The molecule has 38 heavy (non-hydrogen) atoms. The number of hydrogen-bond acceptors (Lipinski definition) is 6. The molecule has 3 aromatic rings. The lowest BCUT2D eigenvalue weighted by atomic mass is 9.69. The summed E-state index contributed by atoms with van der Waals surface area (Å²) in [5.74, 6) is 5.19. The van der Waals surface area contributed by atoms with E-state index in [1.54, 1.807) is 20.9 Å². The third-order valence-electron chi connectivity index (χ3n) is 7.42. The Morgan fingerprint density at radius 2 is 1.89 bits per heavy atom. The number of nitrogen functional groups attached to an aromatic ring is 1. The van der Waals surface area contributed by atoms with Crippen LogP contribution in [0.15, 0.2) is 59.5 Å². The van der Waals surface area contributed by atoms with Crippen LogP contribution in [0.2, 0.25) is 0 Å². The molecule has 5 N–H and O–H groups in total. The van der Waals surface area contributed by atoms with Gasteiger partial charge in [-0.2, -0.15) is 0 Å². The molecule has 2 unspecified atom stereocenters. The second kappa shape index (κ2) is 10.8. The van der Waals surface area contributed by atoms with Gasteiger partial charge in [-0.3, -0.25) is 4.79 Å². The number of anilines is 2. The molecular formula is C29H36N4O4S. The normalized spacial score (nSPS) is 16.7. The molecule has 0 amide bonds. The van der Waals surface area contributed by atoms with Gasteiger partial charge in [0.15, 0.2) is 0 Å². The first-order valence-corrected chi connectivity index (χ1v) is 13.6. The number of nitrogens with zero attached hydrogens (tertiary/aromatic N) is 2. The number of carboxylic acid groups (broad SMARTS) is 1. The van der Waals surface area contributed by atoms with Crippen LogP contribution in [0.4, 0.5) is 11.4 Å². The molecule has 0 spiro atoms. The molecule has 1 aliphatic rings. The number of carboxylic acids is 1. The Bertz CT molecular complexity index is 1390. The Hall–Kier alpha value is -3.40. The van der Waals surface area contributed by atoms with Crippen LogP contribution in [-0.4, -0.2) is 39.8 Å². The Kier molecular flexibility index (Phi) is 7.83. The van der Waals surface area contributed by atoms with Crippen LogP contribution in [0, 0.1) is 19.3 Å². The SMILES string of the molecule is Cc1ccc(C(c2ccc(N(C)N)c(N)c2C)C(C)(C)C(=O)O)cc1CN1CCOc2ccccc2S1=O. The second-order valence-corrected chi connectivity index (χ2v) is 11.8. The number of hydrogen-bond donors (Lipinski definition) is 3. The number of fused-ring (bicyclic) bond motifs is 1. The Labute approximate surface area is 226 Å². The van der Waals surface area contributed by atoms with Crippen LogP contribution in [0.1, 0.15) is 47.6 Å². The van der Waals surface area contributed by atoms with Gasteiger partial charge in [0.05, 0.1) is 21.7 Å². The number of ether oxygens (including phenoxy) is 1. The van der Waals surface area contributed by atoms with Gasteiger partial charge in [-0.1, -0.05) is 36.4 Å². The lowest BCUT2D eigenvalue weighted by Gasteiger charge is -2.34. The highest BCUT2D eigenvalue weighted by Crippen LogP contribution is 2.45. The van der Waals surface area contributed by atoms with Crippen molar-refractivity contribution in [3.8, 4) is 5.75 Å². The lowest BCUT2D eigenvalue weighted by Crippen LogP contribution is -2.33. The van der Waals surface area contributed by atoms with E-state index in [1.165, 1.54) is 5.01 Å². The Balaban J connectivity index is 1.78. The summed E-state index contributed by atoms with van der Waals surface area (Å²) in [5, 5.41) is 11.7. The number of aryl methyl sites for hydroxylation is 1. The summed E-state index contributed by atoms with van der Waals surface area (Å²) in [6, 6.07) is 17.2. The summed E-state index contributed by atoms with van der Waals surface area (Å²) in [6.07, 6.45) is 0. The molecular weight excluding hydrogens is 500 g/mol. The fourth-order valence-electron chi connectivity index (χ4n) is 5.02. The van der Waals surface area contributed by atoms with Gasteiger partial charge in [0, 0.05) is 26.1 Å². The number of carbonyl (C=O) groups is 1. The van der Waals surface area contributed by atoms with Crippen LogP contribution in [0.3, 0.4) is 0 Å². The fourth-order valence-corrected chi connectivity index (χ4v) is 6.29. The summed E-state index contributed by atoms with van der Waals surface area (Å²) in [4.78, 5) is 13.2. The number of benzene rings is 3. The third-order valence-corrected chi connectivity index (χ3v) is 8.92. The second-order valence-electron chi connectivity index (χ2n) is 10.4. The molecule has 0 bridgehead atoms. The summed E-state index contributed by atoms with van der Waals surface area (Å²) < 4.78 is 21.2. The van der Waals surface area contributed by atoms with Gasteiger partial charge in [0.25, 0.3) is 0 Å². The molecule has 8 nitrogen and oxygen atoms in total. The van der Waals surface area contributed by atoms with Crippen LogP contribution < -0.4 is 21.3 Å². The maximum absolute atomic E-state index is 13.5. The zero-order valence-electron chi connectivity index (χ0n) is 22.5. The first-order chi connectivity index (χ1) is 17.9. The standard InChI is InChI=1S/C29H36N4O4S/c1-18-10-11-20(16-21(18)17-33-14-15-37-24-8-6-7-9-25(24)38(33)36)26(29(3,4)28(34)35)22-12-13-23(32(5)31)27(30)19(22)2/h6-13,16,26H,14-15,17,30-31H2,1-5H3,(H,34,35). The lowest BCUT2D eigenvalue weighted by molar-refractivity contribution is -0.147. The summed E-state index contributed by atoms with van der Waals surface area (Å²) in [5.41, 5.74) is 11.0. The zero-order valence-corrected chi connectivity index (χ0v) is 23.3. The molecule has 2 atom stereocenters. The largest absolute Gasteiger partial charge is 0.491 e. The quantitative estimate of drug-likeness (QED) is 0.233. The van der Waals surface area contributed by atoms with Gasteiger partial charge in [0.1, 0.15) is 23.3 Å². The number of para-hydroxylation sites is 1. The maximum atomic E-state index is 13.5. The van der Waals surface area contributed by atoms with Gasteiger partial charge in [0.2, 0.25) is 0 Å². The maximum Gasteiger partial charge on any atom is 0.310 e. The Morgan fingerprint density at radius 1 is 1.18 bits per heavy atom. The molecule has 3 aromatic carbocycles. The molecule has 9 heteroatoms. The summed E-state index contributed by atoms with van der Waals surface area (Å²) >= 11 is 0. The molecule has 0 aliphatic carbocycles. The van der Waals surface area contributed by atoms with Gasteiger partial charge >= 0.3 is 5.97 Å². The number of hydrazine groups is 1. The van der Waals surface area contributed by atoms with Gasteiger partial charge in [-0.25, -0.2) is 14.4 Å². The molecule has 0 fully saturated rings. The number of rotatable bonds is 7. The van der Waals surface area contributed by atoms with Crippen LogP contribution in [0.25, 0.3) is 0 Å². The van der Waals surface area contributed by atoms with Crippen molar-refractivity contribution in [3.63, 3.8) is 0 Å². The highest BCUT2D eigenvalue weighted by molar-refractivity contribution is 7.82. The van der Waals surface area contributed by atoms with E-state index in [-0.39, 0.29) is 0 Å². The van der Waals surface area contributed by atoms with Crippen molar-refractivity contribution < 1.29 is 18.8 Å². The Morgan fingerprint density at radius 3 is 2.58 bits per heavy atom. The van der Waals surface area contributed by atoms with E-state index >= 15 is 0 Å². The molecule has 0 aromatic heterocycles. The van der Waals surface area contributed by atoms with Crippen molar-refractivity contribution in [1.29, 1.82) is 0 Å². The van der Waals surface area contributed by atoms with Crippen molar-refractivity contribution in [1.82, 2.24) is 4.31 Å². The minimum absolute atomic E-state index is 0.427. The average molecular weight is 537 g/mol. The minimum atomic E-state index is -1.39. The van der Waals surface area contributed by atoms with Crippen molar-refractivity contribution in [2.24, 2.45) is 11.3 Å². The first kappa shape index (κ1) is 27.6. The van der Waals surface area contributed by atoms with E-state index in [9.17, 15) is 14.1 Å². The van der Waals surface area contributed by atoms with Gasteiger partial charge in [-0.05, 0) is 73.7 Å². The summed E-state index contributed by atoms with van der Waals surface area (Å²) in [7, 11) is 0.325. The van der Waals surface area contributed by atoms with E-state index in [4.69, 9.17) is 16.3 Å². The highest BCUT2D eigenvalue weighted by atomic mass is 32.2. The topological polar surface area (TPSA) is 122 Å². The van der Waals surface area contributed by atoms with E-state index < -0.39 is 28.3 Å². The molecule has 1 heterocycles. The summed E-state index contributed by atoms with van der Waals surface area (Å²) in [6.45, 7) is 8.73. The molecule has 0 radical (unpaired) electrons. The van der Waals surface area contributed by atoms with Crippen molar-refractivity contribution >= 4 is 28.3 Å². The number of aliphatic carboxylic acids is 1. The third kappa shape index (κ3) is 5.14. The minimum Gasteiger partial charge on any atom is -0.491 e. The smallest absolute Gasteiger partial charge is 0.310 e.